The van der Waals surface area contributed by atoms with E-state index in [4.69, 9.17) is 15.2 Å². The van der Waals surface area contributed by atoms with Gasteiger partial charge in [0, 0.05) is 0 Å². The summed E-state index contributed by atoms with van der Waals surface area (Å²) in [6, 6.07) is 7.78. The Morgan fingerprint density at radius 2 is 1.86 bits per heavy atom. The smallest absolute Gasteiger partial charge is 0.348 e. The molecule has 114 valence electrons. The number of primary amides is 1. The normalized spacial score (nSPS) is 12.9. The van der Waals surface area contributed by atoms with Gasteiger partial charge in [-0.25, -0.2) is 9.59 Å². The van der Waals surface area contributed by atoms with Crippen molar-refractivity contribution in [3.8, 4) is 5.75 Å². The summed E-state index contributed by atoms with van der Waals surface area (Å²) >= 11 is 0. The maximum Gasteiger partial charge on any atom is 0.348 e. The van der Waals surface area contributed by atoms with Gasteiger partial charge in [0.2, 0.25) is 0 Å². The highest BCUT2D eigenvalue weighted by atomic mass is 16.6. The van der Waals surface area contributed by atoms with Crippen LogP contribution >= 0.6 is 0 Å². The van der Waals surface area contributed by atoms with E-state index >= 15 is 0 Å². The van der Waals surface area contributed by atoms with Crippen molar-refractivity contribution in [1.29, 1.82) is 0 Å². The molecular weight excluding hydrogens is 276 g/mol. The minimum atomic E-state index is -1.14. The molecule has 0 aromatic heterocycles. The van der Waals surface area contributed by atoms with Crippen molar-refractivity contribution in [2.24, 2.45) is 5.73 Å². The average Bonchev–Trinajstić information content (AvgIpc) is 2.44. The molecule has 0 heterocycles. The second-order valence-corrected chi connectivity index (χ2v) is 4.26. The van der Waals surface area contributed by atoms with Crippen molar-refractivity contribution in [2.45, 2.75) is 32.5 Å². The van der Waals surface area contributed by atoms with E-state index in [1.165, 1.54) is 6.92 Å². The summed E-state index contributed by atoms with van der Waals surface area (Å²) in [6.07, 6.45) is -1.60. The molecule has 2 atom stereocenters. The van der Waals surface area contributed by atoms with Crippen molar-refractivity contribution in [3.63, 3.8) is 0 Å². The zero-order valence-corrected chi connectivity index (χ0v) is 11.9. The van der Waals surface area contributed by atoms with E-state index in [1.54, 1.807) is 31.2 Å². The van der Waals surface area contributed by atoms with Crippen LogP contribution in [-0.2, 0) is 14.3 Å². The second kappa shape index (κ2) is 7.88. The molecule has 1 rings (SSSR count). The average molecular weight is 294 g/mol. The third-order valence-corrected chi connectivity index (χ3v) is 2.56. The molecule has 7 heteroatoms. The lowest BCUT2D eigenvalue weighted by molar-refractivity contribution is -0.161. The molecule has 0 fully saturated rings. The molecular formula is C14H18N2O5. The monoisotopic (exact) mass is 294 g/mol. The molecule has 0 bridgehead atoms. The maximum atomic E-state index is 11.9. The SMILES string of the molecule is CC[C@H](Oc1ccccc1)C(=O)O[C@H](C)C(=O)NC(N)=O. The maximum absolute atomic E-state index is 11.9. The van der Waals surface area contributed by atoms with Crippen LogP contribution in [0.25, 0.3) is 0 Å². The predicted octanol–water partition coefficient (Wildman–Crippen LogP) is 0.971. The van der Waals surface area contributed by atoms with Gasteiger partial charge in [0.15, 0.2) is 12.2 Å². The number of amides is 3. The van der Waals surface area contributed by atoms with Crippen LogP contribution in [-0.4, -0.2) is 30.1 Å². The highest BCUT2D eigenvalue weighted by molar-refractivity contribution is 5.96. The summed E-state index contributed by atoms with van der Waals surface area (Å²) < 4.78 is 10.4. The summed E-state index contributed by atoms with van der Waals surface area (Å²) in [5.41, 5.74) is 4.81. The first-order valence-corrected chi connectivity index (χ1v) is 6.46. The number of rotatable bonds is 6. The third kappa shape index (κ3) is 5.52. The molecule has 0 unspecified atom stereocenters. The van der Waals surface area contributed by atoms with Crippen molar-refractivity contribution in [2.75, 3.05) is 0 Å². The van der Waals surface area contributed by atoms with Crippen LogP contribution in [0.4, 0.5) is 4.79 Å². The molecule has 0 aliphatic heterocycles. The number of esters is 1. The minimum Gasteiger partial charge on any atom is -0.479 e. The molecule has 7 nitrogen and oxygen atoms in total. The number of urea groups is 1. The fraction of sp³-hybridized carbons (Fsp3) is 0.357. The van der Waals surface area contributed by atoms with Gasteiger partial charge in [0.1, 0.15) is 5.75 Å². The Morgan fingerprint density at radius 3 is 2.38 bits per heavy atom. The van der Waals surface area contributed by atoms with Gasteiger partial charge in [0.05, 0.1) is 0 Å². The highest BCUT2D eigenvalue weighted by Crippen LogP contribution is 2.13. The quantitative estimate of drug-likeness (QED) is 0.760. The van der Waals surface area contributed by atoms with Crippen molar-refractivity contribution < 1.29 is 23.9 Å². The molecule has 3 amide bonds. The van der Waals surface area contributed by atoms with Crippen LogP contribution in [0.3, 0.4) is 0 Å². The Hall–Kier alpha value is -2.57. The van der Waals surface area contributed by atoms with Crippen molar-refractivity contribution in [1.82, 2.24) is 5.32 Å². The van der Waals surface area contributed by atoms with Gasteiger partial charge < -0.3 is 15.2 Å². The molecule has 3 N–H and O–H groups in total. The molecule has 21 heavy (non-hydrogen) atoms. The Labute approximate surface area is 122 Å². The fourth-order valence-electron chi connectivity index (χ4n) is 1.49. The lowest BCUT2D eigenvalue weighted by Crippen LogP contribution is -2.43. The number of carbonyl (C=O) groups is 3. The van der Waals surface area contributed by atoms with Gasteiger partial charge in [-0.05, 0) is 25.5 Å². The predicted molar refractivity (Wildman–Crippen MR) is 74.4 cm³/mol. The van der Waals surface area contributed by atoms with Crippen molar-refractivity contribution >= 4 is 17.9 Å². The zero-order valence-electron chi connectivity index (χ0n) is 11.9. The first kappa shape index (κ1) is 16.5. The molecule has 0 radical (unpaired) electrons. The minimum absolute atomic E-state index is 0.373. The fourth-order valence-corrected chi connectivity index (χ4v) is 1.49. The number of carbonyl (C=O) groups excluding carboxylic acids is 3. The van der Waals surface area contributed by atoms with Gasteiger partial charge in [-0.1, -0.05) is 25.1 Å². The van der Waals surface area contributed by atoms with Gasteiger partial charge in [-0.3, -0.25) is 10.1 Å². The summed E-state index contributed by atoms with van der Waals surface area (Å²) in [7, 11) is 0. The largest absolute Gasteiger partial charge is 0.479 e. The molecule has 1 aromatic rings. The lowest BCUT2D eigenvalue weighted by Gasteiger charge is -2.19. The van der Waals surface area contributed by atoms with Gasteiger partial charge in [-0.15, -0.1) is 0 Å². The van der Waals surface area contributed by atoms with Gasteiger partial charge >= 0.3 is 12.0 Å². The summed E-state index contributed by atoms with van der Waals surface area (Å²) in [5, 5.41) is 1.84. The van der Waals surface area contributed by atoms with Gasteiger partial charge in [0.25, 0.3) is 5.91 Å². The lowest BCUT2D eigenvalue weighted by atomic mass is 10.2. The first-order chi connectivity index (χ1) is 9.93. The number of hydrogen-bond donors (Lipinski definition) is 2. The Bertz CT molecular complexity index is 503. The number of ether oxygens (including phenoxy) is 2. The molecule has 0 spiro atoms. The van der Waals surface area contributed by atoms with Gasteiger partial charge in [-0.2, -0.15) is 0 Å². The standard InChI is InChI=1S/C14H18N2O5/c1-3-11(21-10-7-5-4-6-8-10)13(18)20-9(2)12(17)16-14(15)19/h4-9,11H,3H2,1-2H3,(H3,15,16,17,19)/t9-,11+/m1/s1. The Balaban J connectivity index is 2.59. The summed E-state index contributed by atoms with van der Waals surface area (Å²) in [4.78, 5) is 33.9. The molecule has 0 aliphatic carbocycles. The topological polar surface area (TPSA) is 108 Å². The third-order valence-electron chi connectivity index (χ3n) is 2.56. The molecule has 0 saturated heterocycles. The van der Waals surface area contributed by atoms with Crippen LogP contribution in [0, 0.1) is 0 Å². The van der Waals surface area contributed by atoms with Crippen molar-refractivity contribution in [3.05, 3.63) is 30.3 Å². The molecule has 0 saturated carbocycles. The number of benzene rings is 1. The first-order valence-electron chi connectivity index (χ1n) is 6.46. The Morgan fingerprint density at radius 1 is 1.24 bits per heavy atom. The Kier molecular flexibility index (Phi) is 6.19. The summed E-state index contributed by atoms with van der Waals surface area (Å²) in [5.74, 6) is -0.950. The van der Waals surface area contributed by atoms with Crippen LogP contribution in [0.15, 0.2) is 30.3 Å². The van der Waals surface area contributed by atoms with E-state index in [2.05, 4.69) is 0 Å². The number of hydrogen-bond acceptors (Lipinski definition) is 5. The molecule has 0 aliphatic rings. The van der Waals surface area contributed by atoms with E-state index in [-0.39, 0.29) is 0 Å². The van der Waals surface area contributed by atoms with Crippen LogP contribution in [0.2, 0.25) is 0 Å². The number of para-hydroxylation sites is 1. The van der Waals surface area contributed by atoms with E-state index in [0.717, 1.165) is 0 Å². The van der Waals surface area contributed by atoms with E-state index in [9.17, 15) is 14.4 Å². The van der Waals surface area contributed by atoms with Crippen LogP contribution in [0.5, 0.6) is 5.75 Å². The van der Waals surface area contributed by atoms with Crippen LogP contribution in [0.1, 0.15) is 20.3 Å². The number of imide groups is 1. The van der Waals surface area contributed by atoms with Crippen LogP contribution < -0.4 is 15.8 Å². The second-order valence-electron chi connectivity index (χ2n) is 4.26. The zero-order chi connectivity index (χ0) is 15.8. The van der Waals surface area contributed by atoms with E-state index in [0.29, 0.717) is 12.2 Å². The number of nitrogens with two attached hydrogens (primary N) is 1. The van der Waals surface area contributed by atoms with E-state index in [1.807, 2.05) is 11.4 Å². The molecule has 1 aromatic carbocycles. The highest BCUT2D eigenvalue weighted by Gasteiger charge is 2.25. The van der Waals surface area contributed by atoms with E-state index < -0.39 is 30.1 Å². The summed E-state index contributed by atoms with van der Waals surface area (Å²) in [6.45, 7) is 3.09. The number of nitrogens with one attached hydrogen (secondary N) is 1.